The zero-order valence-corrected chi connectivity index (χ0v) is 11.3. The summed E-state index contributed by atoms with van der Waals surface area (Å²) in [6, 6.07) is 5.72. The Balaban J connectivity index is 1.82. The molecule has 0 amide bonds. The number of rotatable bonds is 6. The fourth-order valence-electron chi connectivity index (χ4n) is 2.79. The van der Waals surface area contributed by atoms with Gasteiger partial charge < -0.3 is 10.5 Å². The predicted molar refractivity (Wildman–Crippen MR) is 75.5 cm³/mol. The summed E-state index contributed by atoms with van der Waals surface area (Å²) in [5.74, 6) is 1.20. The quantitative estimate of drug-likeness (QED) is 0.806. The second-order valence-corrected chi connectivity index (χ2v) is 5.34. The third kappa shape index (κ3) is 2.14. The highest BCUT2D eigenvalue weighted by molar-refractivity contribution is 5.73. The van der Waals surface area contributed by atoms with Crippen LogP contribution in [-0.2, 0) is 10.2 Å². The molecule has 1 aliphatic carbocycles. The number of nitrogens with two attached hydrogens (primary N) is 1. The lowest BCUT2D eigenvalue weighted by molar-refractivity contribution is -0.110. The minimum Gasteiger partial charge on any atom is -0.330 e. The largest absolute Gasteiger partial charge is 0.330 e. The van der Waals surface area contributed by atoms with Crippen LogP contribution in [0, 0.1) is 5.92 Å². The van der Waals surface area contributed by atoms with Gasteiger partial charge in [0.25, 0.3) is 0 Å². The highest BCUT2D eigenvalue weighted by Gasteiger charge is 2.56. The van der Waals surface area contributed by atoms with Crippen molar-refractivity contribution in [3.05, 3.63) is 42.6 Å². The summed E-state index contributed by atoms with van der Waals surface area (Å²) in [6.45, 7) is 0.674. The van der Waals surface area contributed by atoms with Crippen molar-refractivity contribution in [3.8, 4) is 5.82 Å². The molecule has 0 saturated heterocycles. The number of hydrogen-bond donors (Lipinski definition) is 1. The summed E-state index contributed by atoms with van der Waals surface area (Å²) < 4.78 is 1.86. The molecule has 2 heterocycles. The molecule has 5 nitrogen and oxygen atoms in total. The van der Waals surface area contributed by atoms with E-state index in [2.05, 4.69) is 9.97 Å². The molecule has 0 spiro atoms. The van der Waals surface area contributed by atoms with Crippen LogP contribution in [0.3, 0.4) is 0 Å². The summed E-state index contributed by atoms with van der Waals surface area (Å²) in [6.07, 6.45) is 9.27. The number of aldehydes is 1. The minimum atomic E-state index is -0.394. The number of nitrogens with zero attached hydrogens (tertiary/aromatic N) is 3. The Labute approximate surface area is 117 Å². The van der Waals surface area contributed by atoms with Gasteiger partial charge in [-0.15, -0.1) is 0 Å². The van der Waals surface area contributed by atoms with Gasteiger partial charge in [0.1, 0.15) is 18.4 Å². The SMILES string of the molecule is NCCCC1CC1(C=O)c1cn(-c2ccccn2)cn1. The fraction of sp³-hybridized carbons (Fsp3) is 0.400. The molecule has 2 N–H and O–H groups in total. The van der Waals surface area contributed by atoms with E-state index in [9.17, 15) is 4.79 Å². The molecule has 5 heteroatoms. The van der Waals surface area contributed by atoms with Crippen LogP contribution in [-0.4, -0.2) is 27.4 Å². The molecular weight excluding hydrogens is 252 g/mol. The molecule has 0 radical (unpaired) electrons. The first-order chi connectivity index (χ1) is 9.80. The van der Waals surface area contributed by atoms with Crippen LogP contribution in [0.1, 0.15) is 25.0 Å². The van der Waals surface area contributed by atoms with E-state index in [0.717, 1.165) is 37.1 Å². The molecule has 0 aromatic carbocycles. The maximum absolute atomic E-state index is 11.5. The summed E-state index contributed by atoms with van der Waals surface area (Å²) in [5, 5.41) is 0. The van der Waals surface area contributed by atoms with Gasteiger partial charge in [-0.1, -0.05) is 6.07 Å². The fourth-order valence-corrected chi connectivity index (χ4v) is 2.79. The second kappa shape index (κ2) is 5.17. The van der Waals surface area contributed by atoms with Crippen molar-refractivity contribution < 1.29 is 4.79 Å². The molecule has 1 aliphatic rings. The van der Waals surface area contributed by atoms with E-state index in [0.29, 0.717) is 12.5 Å². The first kappa shape index (κ1) is 13.0. The van der Waals surface area contributed by atoms with Crippen molar-refractivity contribution in [1.82, 2.24) is 14.5 Å². The van der Waals surface area contributed by atoms with Gasteiger partial charge in [-0.3, -0.25) is 4.57 Å². The van der Waals surface area contributed by atoms with Gasteiger partial charge in [-0.25, -0.2) is 9.97 Å². The van der Waals surface area contributed by atoms with E-state index in [1.165, 1.54) is 0 Å². The van der Waals surface area contributed by atoms with Gasteiger partial charge in [0.2, 0.25) is 0 Å². The average molecular weight is 270 g/mol. The van der Waals surface area contributed by atoms with Gasteiger partial charge in [0, 0.05) is 12.4 Å². The van der Waals surface area contributed by atoms with Crippen LogP contribution >= 0.6 is 0 Å². The molecule has 20 heavy (non-hydrogen) atoms. The van der Waals surface area contributed by atoms with Gasteiger partial charge in [-0.05, 0) is 43.9 Å². The Morgan fingerprint density at radius 3 is 3.05 bits per heavy atom. The van der Waals surface area contributed by atoms with Crippen molar-refractivity contribution in [3.63, 3.8) is 0 Å². The topological polar surface area (TPSA) is 73.8 Å². The van der Waals surface area contributed by atoms with Crippen molar-refractivity contribution in [1.29, 1.82) is 0 Å². The smallest absolute Gasteiger partial charge is 0.137 e. The van der Waals surface area contributed by atoms with Crippen LogP contribution in [0.25, 0.3) is 5.82 Å². The molecule has 2 aromatic rings. The summed E-state index contributed by atoms with van der Waals surface area (Å²) in [7, 11) is 0. The Morgan fingerprint density at radius 2 is 2.35 bits per heavy atom. The van der Waals surface area contributed by atoms with Gasteiger partial charge in [0.05, 0.1) is 11.1 Å². The van der Waals surface area contributed by atoms with Gasteiger partial charge in [0.15, 0.2) is 0 Å². The summed E-state index contributed by atoms with van der Waals surface area (Å²) >= 11 is 0. The van der Waals surface area contributed by atoms with Crippen molar-refractivity contribution in [2.24, 2.45) is 11.7 Å². The Morgan fingerprint density at radius 1 is 1.45 bits per heavy atom. The second-order valence-electron chi connectivity index (χ2n) is 5.34. The lowest BCUT2D eigenvalue weighted by Gasteiger charge is -2.06. The molecule has 0 aliphatic heterocycles. The highest BCUT2D eigenvalue weighted by atomic mass is 16.1. The number of imidazole rings is 1. The lowest BCUT2D eigenvalue weighted by Crippen LogP contribution is -2.13. The zero-order valence-electron chi connectivity index (χ0n) is 11.3. The monoisotopic (exact) mass is 270 g/mol. The Hall–Kier alpha value is -2.01. The van der Waals surface area contributed by atoms with Gasteiger partial charge >= 0.3 is 0 Å². The van der Waals surface area contributed by atoms with Crippen LogP contribution in [0.15, 0.2) is 36.9 Å². The molecule has 1 saturated carbocycles. The normalized spacial score (nSPS) is 24.6. The average Bonchev–Trinajstić information content (AvgIpc) is 3.00. The predicted octanol–water partition coefficient (Wildman–Crippen LogP) is 1.46. The molecule has 2 aromatic heterocycles. The number of aromatic nitrogens is 3. The van der Waals surface area contributed by atoms with Crippen LogP contribution in [0.4, 0.5) is 0 Å². The molecule has 2 atom stereocenters. The first-order valence-electron chi connectivity index (χ1n) is 6.92. The Bertz CT molecular complexity index is 595. The van der Waals surface area contributed by atoms with E-state index < -0.39 is 5.41 Å². The van der Waals surface area contributed by atoms with E-state index in [1.807, 2.05) is 29.0 Å². The summed E-state index contributed by atoms with van der Waals surface area (Å²) in [4.78, 5) is 20.2. The molecule has 0 bridgehead atoms. The lowest BCUT2D eigenvalue weighted by atomic mass is 9.99. The molecule has 1 fully saturated rings. The van der Waals surface area contributed by atoms with Crippen molar-refractivity contribution in [2.45, 2.75) is 24.7 Å². The third-order valence-corrected chi connectivity index (χ3v) is 4.09. The highest BCUT2D eigenvalue weighted by Crippen LogP contribution is 2.54. The van der Waals surface area contributed by atoms with Crippen molar-refractivity contribution >= 4 is 6.29 Å². The van der Waals surface area contributed by atoms with E-state index >= 15 is 0 Å². The summed E-state index contributed by atoms with van der Waals surface area (Å²) in [5.41, 5.74) is 5.99. The van der Waals surface area contributed by atoms with Crippen molar-refractivity contribution in [2.75, 3.05) is 6.54 Å². The van der Waals surface area contributed by atoms with Crippen LogP contribution in [0.5, 0.6) is 0 Å². The first-order valence-corrected chi connectivity index (χ1v) is 6.92. The van der Waals surface area contributed by atoms with E-state index in [-0.39, 0.29) is 0 Å². The van der Waals surface area contributed by atoms with Gasteiger partial charge in [-0.2, -0.15) is 0 Å². The minimum absolute atomic E-state index is 0.385. The van der Waals surface area contributed by atoms with Crippen LogP contribution < -0.4 is 5.73 Å². The molecule has 104 valence electrons. The number of carbonyl (C=O) groups excluding carboxylic acids is 1. The number of hydrogen-bond acceptors (Lipinski definition) is 4. The maximum atomic E-state index is 11.5. The molecular formula is C15H18N4O. The standard InChI is InChI=1S/C15H18N4O/c16-6-3-4-12-8-15(12,10-20)13-9-19(11-18-13)14-5-1-2-7-17-14/h1-2,5,7,9-12H,3-4,6,8,16H2. The van der Waals surface area contributed by atoms with Crippen LogP contribution in [0.2, 0.25) is 0 Å². The molecule has 3 rings (SSSR count). The number of carbonyl (C=O) groups is 1. The number of pyridine rings is 1. The Kier molecular flexibility index (Phi) is 3.36. The third-order valence-electron chi connectivity index (χ3n) is 4.09. The molecule has 2 unspecified atom stereocenters. The van der Waals surface area contributed by atoms with E-state index in [4.69, 9.17) is 5.73 Å². The van der Waals surface area contributed by atoms with E-state index in [1.54, 1.807) is 12.5 Å². The zero-order chi connectivity index (χ0) is 14.0. The maximum Gasteiger partial charge on any atom is 0.137 e.